The summed E-state index contributed by atoms with van der Waals surface area (Å²) in [7, 11) is 7.97. The number of benzene rings is 6. The Labute approximate surface area is 534 Å². The predicted molar refractivity (Wildman–Crippen MR) is 351 cm³/mol. The number of nitrogens with zero attached hydrogens (tertiary/aromatic N) is 12. The molecule has 0 radical (unpaired) electrons. The molecule has 0 saturated carbocycles. The zero-order chi connectivity index (χ0) is 61.7. The highest BCUT2D eigenvalue weighted by atomic mass is 79.9. The number of phenols is 1. The van der Waals surface area contributed by atoms with E-state index in [4.69, 9.17) is 64.2 Å². The molecule has 6 aromatic carbocycles. The molecule has 0 spiro atoms. The van der Waals surface area contributed by atoms with E-state index in [1.807, 2.05) is 112 Å². The third-order valence-corrected chi connectivity index (χ3v) is 14.3. The number of nitrogens with two attached hydrogens (primary N) is 1. The number of methoxy groups -OCH3 is 5. The van der Waals surface area contributed by atoms with Gasteiger partial charge in [-0.05, 0) is 179 Å². The molecular weight excluding hydrogens is 1270 g/mol. The number of ether oxygens (including phenoxy) is 5. The zero-order valence-corrected chi connectivity index (χ0v) is 52.9. The third-order valence-electron chi connectivity index (χ3n) is 12.8. The molecule has 6 aromatic heterocycles. The molecule has 6 heterocycles. The molecule has 26 heteroatoms. The summed E-state index contributed by atoms with van der Waals surface area (Å²) < 4.78 is 26.5. The van der Waals surface area contributed by atoms with E-state index >= 15 is 0 Å². The van der Waals surface area contributed by atoms with Crippen molar-refractivity contribution in [3.8, 4) is 68.3 Å². The van der Waals surface area contributed by atoms with Crippen molar-refractivity contribution < 1.29 is 28.8 Å². The minimum atomic E-state index is 0. The van der Waals surface area contributed by atoms with Crippen LogP contribution in [0.15, 0.2) is 150 Å². The van der Waals surface area contributed by atoms with E-state index in [-0.39, 0.29) is 24.1 Å². The number of nitrogen functional groups attached to an aromatic ring is 1. The SMILES string of the molecule is COc1ccc(Br)cn1.COc1ccc(Cl)c(-c2cc(C)c3nc(N)nnc3c2)c1.COc1ccc(Cl)c(-c2cc(C)c3nc(Nc4ccc(OC)nc4)nnc3c2)c1.COc1ccc(Nc2nnc3cc(-c4cc(O)ccc4Cl)cc(C)c3n2)cn1.Cl. The van der Waals surface area contributed by atoms with Gasteiger partial charge in [0.05, 0.1) is 75.9 Å². The average molecular weight is 1330 g/mol. The maximum absolute atomic E-state index is 9.77. The van der Waals surface area contributed by atoms with E-state index < -0.39 is 0 Å². The van der Waals surface area contributed by atoms with E-state index in [0.717, 1.165) is 94.0 Å². The second-order valence-electron chi connectivity index (χ2n) is 18.7. The molecule has 5 N–H and O–H groups in total. The molecule has 0 aliphatic carbocycles. The molecule has 0 aliphatic rings. The number of nitrogens with one attached hydrogen (secondary N) is 2. The van der Waals surface area contributed by atoms with Gasteiger partial charge in [0.15, 0.2) is 0 Å². The molecular formula is C62H54BrCl4N15O6. The van der Waals surface area contributed by atoms with Crippen LogP contribution in [0.25, 0.3) is 66.5 Å². The fraction of sp³-hybridized carbons (Fsp3) is 0.129. The van der Waals surface area contributed by atoms with Crippen molar-refractivity contribution in [2.45, 2.75) is 20.8 Å². The van der Waals surface area contributed by atoms with Gasteiger partial charge in [0.2, 0.25) is 35.5 Å². The van der Waals surface area contributed by atoms with Crippen LogP contribution in [0.4, 0.5) is 29.2 Å². The van der Waals surface area contributed by atoms with Crippen LogP contribution in [-0.4, -0.2) is 101 Å². The summed E-state index contributed by atoms with van der Waals surface area (Å²) in [6, 6.07) is 38.4. The Morgan fingerprint density at radius 3 is 1.20 bits per heavy atom. The Bertz CT molecular complexity index is 4410. The van der Waals surface area contributed by atoms with Gasteiger partial charge in [-0.1, -0.05) is 34.8 Å². The van der Waals surface area contributed by atoms with Crippen molar-refractivity contribution in [2.75, 3.05) is 51.9 Å². The molecule has 0 fully saturated rings. The lowest BCUT2D eigenvalue weighted by Crippen LogP contribution is -2.01. The van der Waals surface area contributed by atoms with Crippen molar-refractivity contribution in [2.24, 2.45) is 0 Å². The number of anilines is 5. The Morgan fingerprint density at radius 2 is 0.818 bits per heavy atom. The topological polar surface area (TPSA) is 271 Å². The first-order valence-electron chi connectivity index (χ1n) is 26.1. The first-order chi connectivity index (χ1) is 42.0. The lowest BCUT2D eigenvalue weighted by Gasteiger charge is -2.11. The van der Waals surface area contributed by atoms with Crippen molar-refractivity contribution in [3.05, 3.63) is 182 Å². The standard InChI is InChI=1S/C21H18ClN5O2.C20H16ClN5O2.C15H13ClN4O.C6H6BrNO.ClH/c1-12-8-13(16-10-15(28-2)5-6-17(16)22)9-18-20(12)25-21(27-26-18)24-14-4-7-19(29-3)23-11-14;1-11-7-12(15-9-14(27)4-5-16(15)21)8-17-19(11)24-20(26-25-17)23-13-3-6-18(28-2)22-10-13;1-8-5-9(6-13-14(8)18-15(17)20-19-13)11-7-10(21-2)3-4-12(11)16;1-9-6-3-2-5(7)4-8-6;/h4-11H,1-3H3,(H,24,25,27);3-10,27H,1-2H3,(H,23,24,26);3-7H,1-2H3,(H2,17,18,20);2-4H,1H3;1H. The molecule has 12 rings (SSSR count). The van der Waals surface area contributed by atoms with Gasteiger partial charge in [-0.2, -0.15) is 0 Å². The van der Waals surface area contributed by atoms with Gasteiger partial charge >= 0.3 is 0 Å². The highest BCUT2D eigenvalue weighted by Crippen LogP contribution is 2.37. The number of fused-ring (bicyclic) bond motifs is 3. The number of aromatic hydroxyl groups is 1. The van der Waals surface area contributed by atoms with E-state index in [1.165, 1.54) is 0 Å². The molecule has 0 bridgehead atoms. The van der Waals surface area contributed by atoms with Crippen LogP contribution in [0.1, 0.15) is 16.7 Å². The molecule has 0 saturated heterocycles. The summed E-state index contributed by atoms with van der Waals surface area (Å²) in [6.07, 6.45) is 4.97. The molecule has 0 atom stereocenters. The number of hydrogen-bond donors (Lipinski definition) is 4. The minimum Gasteiger partial charge on any atom is -0.508 e. The first kappa shape index (κ1) is 64.4. The summed E-state index contributed by atoms with van der Waals surface area (Å²) in [4.78, 5) is 25.6. The Kier molecular flexibility index (Phi) is 21.7. The van der Waals surface area contributed by atoms with Crippen molar-refractivity contribution in [3.63, 3.8) is 0 Å². The van der Waals surface area contributed by atoms with Crippen LogP contribution in [0.5, 0.6) is 34.9 Å². The van der Waals surface area contributed by atoms with Gasteiger partial charge in [-0.25, -0.2) is 29.9 Å². The van der Waals surface area contributed by atoms with Crippen molar-refractivity contribution in [1.29, 1.82) is 0 Å². The number of rotatable bonds is 12. The average Bonchev–Trinajstić information content (AvgIpc) is 3.60. The van der Waals surface area contributed by atoms with Gasteiger partial charge in [0.1, 0.15) is 33.8 Å². The van der Waals surface area contributed by atoms with E-state index in [1.54, 1.807) is 90.5 Å². The van der Waals surface area contributed by atoms with Gasteiger partial charge in [0.25, 0.3) is 0 Å². The first-order valence-corrected chi connectivity index (χ1v) is 28.0. The van der Waals surface area contributed by atoms with Gasteiger partial charge in [0, 0.05) is 60.6 Å². The number of halogens is 5. The second-order valence-corrected chi connectivity index (χ2v) is 20.9. The van der Waals surface area contributed by atoms with Crippen LogP contribution in [0.3, 0.4) is 0 Å². The van der Waals surface area contributed by atoms with Gasteiger partial charge in [-0.15, -0.1) is 43.0 Å². The number of phenolic OH excluding ortho intramolecular Hbond substituents is 1. The highest BCUT2D eigenvalue weighted by Gasteiger charge is 2.15. The quantitative estimate of drug-likeness (QED) is 0.0885. The van der Waals surface area contributed by atoms with Gasteiger partial charge < -0.3 is 45.2 Å². The molecule has 0 aliphatic heterocycles. The van der Waals surface area contributed by atoms with E-state index in [2.05, 4.69) is 87.1 Å². The normalized spacial score (nSPS) is 10.5. The monoisotopic (exact) mass is 1320 g/mol. The van der Waals surface area contributed by atoms with Crippen molar-refractivity contribution >= 4 is 125 Å². The maximum atomic E-state index is 9.77. The van der Waals surface area contributed by atoms with Crippen LogP contribution in [0.2, 0.25) is 15.1 Å². The summed E-state index contributed by atoms with van der Waals surface area (Å²) in [6.45, 7) is 5.87. The lowest BCUT2D eigenvalue weighted by molar-refractivity contribution is 0.397. The van der Waals surface area contributed by atoms with E-state index in [9.17, 15) is 5.11 Å². The molecule has 88 heavy (non-hydrogen) atoms. The smallest absolute Gasteiger partial charge is 0.247 e. The van der Waals surface area contributed by atoms with Crippen LogP contribution >= 0.6 is 63.1 Å². The Hall–Kier alpha value is -9.58. The minimum absolute atomic E-state index is 0. The number of aryl methyl sites for hydroxylation is 3. The molecule has 0 amide bonds. The van der Waals surface area contributed by atoms with Crippen molar-refractivity contribution in [1.82, 2.24) is 60.5 Å². The second kappa shape index (κ2) is 29.7. The molecule has 448 valence electrons. The fourth-order valence-electron chi connectivity index (χ4n) is 8.55. The van der Waals surface area contributed by atoms with E-state index in [0.29, 0.717) is 61.2 Å². The Morgan fingerprint density at radius 1 is 0.432 bits per heavy atom. The van der Waals surface area contributed by atoms with Crippen LogP contribution in [0, 0.1) is 20.8 Å². The van der Waals surface area contributed by atoms with Crippen LogP contribution < -0.4 is 40.1 Å². The molecule has 12 aromatic rings. The third kappa shape index (κ3) is 16.1. The summed E-state index contributed by atoms with van der Waals surface area (Å²) in [5.41, 5.74) is 19.2. The maximum Gasteiger partial charge on any atom is 0.247 e. The lowest BCUT2D eigenvalue weighted by atomic mass is 10.0. The number of pyridine rings is 3. The molecule has 0 unspecified atom stereocenters. The summed E-state index contributed by atoms with van der Waals surface area (Å²) in [5, 5.41) is 42.6. The van der Waals surface area contributed by atoms with Gasteiger partial charge in [-0.3, -0.25) is 0 Å². The zero-order valence-electron chi connectivity index (χ0n) is 48.2. The summed E-state index contributed by atoms with van der Waals surface area (Å²) in [5.74, 6) is 4.24. The fourth-order valence-corrected chi connectivity index (χ4v) is 9.47. The Balaban J connectivity index is 0.000000160. The predicted octanol–water partition coefficient (Wildman–Crippen LogP) is 14.8. The number of aromatic nitrogens is 12. The molecule has 21 nitrogen and oxygen atoms in total. The summed E-state index contributed by atoms with van der Waals surface area (Å²) >= 11 is 22.2. The largest absolute Gasteiger partial charge is 0.508 e. The highest BCUT2D eigenvalue weighted by molar-refractivity contribution is 9.10. The number of hydrogen-bond acceptors (Lipinski definition) is 21. The van der Waals surface area contributed by atoms with Crippen LogP contribution in [-0.2, 0) is 0 Å².